The maximum atomic E-state index is 11.8. The first-order valence-electron chi connectivity index (χ1n) is 4.84. The normalized spacial score (nSPS) is 19.8. The zero-order chi connectivity index (χ0) is 12.6. The molecule has 0 aromatic carbocycles. The molecular formula is C10H9BrClNO3S. The van der Waals surface area contributed by atoms with E-state index in [1.54, 1.807) is 5.38 Å². The van der Waals surface area contributed by atoms with E-state index < -0.39 is 5.97 Å². The monoisotopic (exact) mass is 337 g/mol. The Labute approximate surface area is 116 Å². The number of ether oxygens (including phenoxy) is 1. The Morgan fingerprint density at radius 2 is 2.41 bits per heavy atom. The van der Waals surface area contributed by atoms with E-state index in [0.29, 0.717) is 28.0 Å². The van der Waals surface area contributed by atoms with Crippen LogP contribution in [0.4, 0.5) is 5.69 Å². The lowest BCUT2D eigenvalue weighted by atomic mass is 10.3. The van der Waals surface area contributed by atoms with Crippen molar-refractivity contribution in [2.75, 3.05) is 18.6 Å². The molecule has 4 nitrogen and oxygen atoms in total. The number of methoxy groups -OCH3 is 1. The summed E-state index contributed by atoms with van der Waals surface area (Å²) in [5, 5.41) is 1.55. The summed E-state index contributed by atoms with van der Waals surface area (Å²) >= 11 is 10.5. The second-order valence-electron chi connectivity index (χ2n) is 3.56. The molecule has 92 valence electrons. The SMILES string of the molecule is COC(=O)c1scc(Br)c1N1CC(Cl)CC1=O. The van der Waals surface area contributed by atoms with E-state index in [0.717, 1.165) is 0 Å². The maximum absolute atomic E-state index is 11.8. The summed E-state index contributed by atoms with van der Waals surface area (Å²) in [4.78, 5) is 25.3. The molecule has 1 aliphatic heterocycles. The second kappa shape index (κ2) is 4.96. The van der Waals surface area contributed by atoms with E-state index in [-0.39, 0.29) is 11.3 Å². The second-order valence-corrected chi connectivity index (χ2v) is 5.91. The number of amides is 1. The van der Waals surface area contributed by atoms with E-state index in [9.17, 15) is 9.59 Å². The first-order chi connectivity index (χ1) is 8.04. The lowest BCUT2D eigenvalue weighted by Gasteiger charge is -2.16. The van der Waals surface area contributed by atoms with Gasteiger partial charge in [0.15, 0.2) is 0 Å². The molecule has 1 atom stereocenters. The summed E-state index contributed by atoms with van der Waals surface area (Å²) in [5.74, 6) is -0.518. The van der Waals surface area contributed by atoms with Crippen LogP contribution >= 0.6 is 38.9 Å². The van der Waals surface area contributed by atoms with Crippen LogP contribution in [0.2, 0.25) is 0 Å². The standard InChI is InChI=1S/C10H9BrClNO3S/c1-16-10(15)9-8(6(11)4-17-9)13-3-5(12)2-7(13)14/h4-5H,2-3H2,1H3. The molecule has 0 spiro atoms. The summed E-state index contributed by atoms with van der Waals surface area (Å²) in [6, 6.07) is 0. The molecule has 2 heterocycles. The van der Waals surface area contributed by atoms with Gasteiger partial charge in [-0.25, -0.2) is 4.79 Å². The summed E-state index contributed by atoms with van der Waals surface area (Å²) in [6.45, 7) is 0.416. The van der Waals surface area contributed by atoms with E-state index >= 15 is 0 Å². The van der Waals surface area contributed by atoms with Gasteiger partial charge in [-0.05, 0) is 15.9 Å². The van der Waals surface area contributed by atoms with Gasteiger partial charge in [-0.2, -0.15) is 0 Å². The molecule has 1 aromatic heterocycles. The Morgan fingerprint density at radius 1 is 1.71 bits per heavy atom. The average molecular weight is 339 g/mol. The number of hydrogen-bond acceptors (Lipinski definition) is 4. The predicted molar refractivity (Wildman–Crippen MR) is 70.0 cm³/mol. The zero-order valence-electron chi connectivity index (χ0n) is 8.91. The van der Waals surface area contributed by atoms with E-state index in [1.807, 2.05) is 0 Å². The largest absolute Gasteiger partial charge is 0.465 e. The number of esters is 1. The van der Waals surface area contributed by atoms with Crippen LogP contribution < -0.4 is 4.90 Å². The van der Waals surface area contributed by atoms with E-state index in [4.69, 9.17) is 16.3 Å². The molecule has 1 amide bonds. The van der Waals surface area contributed by atoms with Crippen molar-refractivity contribution in [2.45, 2.75) is 11.8 Å². The molecule has 1 fully saturated rings. The van der Waals surface area contributed by atoms with Crippen molar-refractivity contribution in [1.82, 2.24) is 0 Å². The van der Waals surface area contributed by atoms with Crippen molar-refractivity contribution in [3.05, 3.63) is 14.7 Å². The van der Waals surface area contributed by atoms with Crippen LogP contribution in [0.1, 0.15) is 16.1 Å². The van der Waals surface area contributed by atoms with Crippen LogP contribution in [0.5, 0.6) is 0 Å². The quantitative estimate of drug-likeness (QED) is 0.615. The lowest BCUT2D eigenvalue weighted by Crippen LogP contribution is -2.26. The van der Waals surface area contributed by atoms with Crippen LogP contribution in [0.15, 0.2) is 9.85 Å². The highest BCUT2D eigenvalue weighted by Gasteiger charge is 2.34. The molecule has 2 rings (SSSR count). The summed E-state index contributed by atoms with van der Waals surface area (Å²) in [6.07, 6.45) is 0.296. The van der Waals surface area contributed by atoms with Crippen molar-refractivity contribution in [2.24, 2.45) is 0 Å². The summed E-state index contributed by atoms with van der Waals surface area (Å²) in [5.41, 5.74) is 0.565. The highest BCUT2D eigenvalue weighted by molar-refractivity contribution is 9.10. The number of rotatable bonds is 2. The zero-order valence-corrected chi connectivity index (χ0v) is 12.1. The van der Waals surface area contributed by atoms with Gasteiger partial charge in [-0.15, -0.1) is 22.9 Å². The van der Waals surface area contributed by atoms with Crippen molar-refractivity contribution in [1.29, 1.82) is 0 Å². The Morgan fingerprint density at radius 3 is 2.94 bits per heavy atom. The van der Waals surface area contributed by atoms with E-state index in [2.05, 4.69) is 15.9 Å². The van der Waals surface area contributed by atoms with Crippen LogP contribution in [0, 0.1) is 0 Å². The van der Waals surface area contributed by atoms with Gasteiger partial charge in [-0.3, -0.25) is 4.79 Å². The molecule has 0 radical (unpaired) electrons. The van der Waals surface area contributed by atoms with Gasteiger partial charge in [0, 0.05) is 18.3 Å². The Balaban J connectivity index is 2.41. The van der Waals surface area contributed by atoms with Crippen molar-refractivity contribution < 1.29 is 14.3 Å². The smallest absolute Gasteiger partial charge is 0.350 e. The Kier molecular flexibility index (Phi) is 3.75. The van der Waals surface area contributed by atoms with Gasteiger partial charge in [0.1, 0.15) is 4.88 Å². The number of halogens is 2. The van der Waals surface area contributed by atoms with Crippen molar-refractivity contribution >= 4 is 56.4 Å². The van der Waals surface area contributed by atoms with Gasteiger partial charge in [-0.1, -0.05) is 0 Å². The third-order valence-corrected chi connectivity index (χ3v) is 4.59. The predicted octanol–water partition coefficient (Wildman–Crippen LogP) is 2.64. The van der Waals surface area contributed by atoms with Crippen molar-refractivity contribution in [3.8, 4) is 0 Å². The third kappa shape index (κ3) is 2.34. The van der Waals surface area contributed by atoms with Gasteiger partial charge in [0.05, 0.1) is 22.6 Å². The number of thiophene rings is 1. The fourth-order valence-corrected chi connectivity index (χ4v) is 3.64. The minimum atomic E-state index is -0.443. The van der Waals surface area contributed by atoms with Crippen LogP contribution in [-0.4, -0.2) is 30.9 Å². The van der Waals surface area contributed by atoms with Crippen molar-refractivity contribution in [3.63, 3.8) is 0 Å². The number of carbonyl (C=O) groups excluding carboxylic acids is 2. The van der Waals surface area contributed by atoms with Crippen LogP contribution in [0.25, 0.3) is 0 Å². The maximum Gasteiger partial charge on any atom is 0.350 e. The highest BCUT2D eigenvalue weighted by atomic mass is 79.9. The summed E-state index contributed by atoms with van der Waals surface area (Å²) < 4.78 is 5.40. The number of nitrogens with zero attached hydrogens (tertiary/aromatic N) is 1. The highest BCUT2D eigenvalue weighted by Crippen LogP contribution is 2.38. The van der Waals surface area contributed by atoms with Gasteiger partial charge < -0.3 is 9.64 Å². The molecule has 0 bridgehead atoms. The number of carbonyl (C=O) groups is 2. The molecular weight excluding hydrogens is 330 g/mol. The number of anilines is 1. The molecule has 17 heavy (non-hydrogen) atoms. The Bertz CT molecular complexity index is 476. The number of alkyl halides is 1. The average Bonchev–Trinajstić information content (AvgIpc) is 2.80. The molecule has 1 aliphatic rings. The minimum Gasteiger partial charge on any atom is -0.465 e. The molecule has 0 aliphatic carbocycles. The fourth-order valence-electron chi connectivity index (χ4n) is 1.70. The van der Waals surface area contributed by atoms with Crippen LogP contribution in [-0.2, 0) is 9.53 Å². The third-order valence-electron chi connectivity index (χ3n) is 2.44. The first-order valence-corrected chi connectivity index (χ1v) is 6.95. The molecule has 0 saturated carbocycles. The van der Waals surface area contributed by atoms with Gasteiger partial charge >= 0.3 is 5.97 Å². The van der Waals surface area contributed by atoms with Gasteiger partial charge in [0.2, 0.25) is 5.91 Å². The molecule has 1 unspecified atom stereocenters. The fraction of sp³-hybridized carbons (Fsp3) is 0.400. The first kappa shape index (κ1) is 12.9. The number of hydrogen-bond donors (Lipinski definition) is 0. The molecule has 0 N–H and O–H groups in total. The lowest BCUT2D eigenvalue weighted by molar-refractivity contribution is -0.117. The van der Waals surface area contributed by atoms with Crippen LogP contribution in [0.3, 0.4) is 0 Å². The Hall–Kier alpha value is -0.590. The molecule has 1 aromatic rings. The minimum absolute atomic E-state index is 0.0748. The summed E-state index contributed by atoms with van der Waals surface area (Å²) in [7, 11) is 1.32. The molecule has 1 saturated heterocycles. The van der Waals surface area contributed by atoms with Gasteiger partial charge in [0.25, 0.3) is 0 Å². The van der Waals surface area contributed by atoms with E-state index in [1.165, 1.54) is 23.3 Å². The molecule has 7 heteroatoms. The topological polar surface area (TPSA) is 46.6 Å².